The summed E-state index contributed by atoms with van der Waals surface area (Å²) in [6.07, 6.45) is 2.50. The monoisotopic (exact) mass is 538 g/mol. The highest BCUT2D eigenvalue weighted by Gasteiger charge is 2.63. The summed E-state index contributed by atoms with van der Waals surface area (Å²) in [5.74, 6) is -7.66. The number of carbonyl (C=O) groups is 4. The van der Waals surface area contributed by atoms with Gasteiger partial charge in [0.25, 0.3) is 11.8 Å². The Hall–Kier alpha value is -4.49. The lowest BCUT2D eigenvalue weighted by Gasteiger charge is -2.50. The first kappa shape index (κ1) is 26.1. The second-order valence-corrected chi connectivity index (χ2v) is 10.2. The summed E-state index contributed by atoms with van der Waals surface area (Å²) in [7, 11) is 3.11. The van der Waals surface area contributed by atoms with Crippen LogP contribution in [0, 0.1) is 11.8 Å². The number of allylic oxidation sites excluding steroid dienone is 1. The number of likely N-dealkylation sites (N-methyl/N-ethyl adjacent to an activating group) is 1. The second kappa shape index (κ2) is 9.06. The van der Waals surface area contributed by atoms with E-state index in [9.17, 15) is 39.6 Å². The quantitative estimate of drug-likeness (QED) is 0.279. The molecule has 0 unspecified atom stereocenters. The molecule has 13 heteroatoms. The van der Waals surface area contributed by atoms with Crippen LogP contribution >= 0.6 is 0 Å². The number of fused-ring (bicyclic) bond motifs is 3. The van der Waals surface area contributed by atoms with Gasteiger partial charge in [-0.05, 0) is 50.0 Å². The van der Waals surface area contributed by atoms with Gasteiger partial charge in [0, 0.05) is 18.0 Å². The molecule has 0 spiro atoms. The minimum Gasteiger partial charge on any atom is -0.510 e. The zero-order chi connectivity index (χ0) is 28.4. The van der Waals surface area contributed by atoms with Crippen LogP contribution in [0.5, 0.6) is 5.75 Å². The number of primary amides is 1. The average Bonchev–Trinajstić information content (AvgIpc) is 3.40. The second-order valence-electron chi connectivity index (χ2n) is 10.2. The first-order valence-corrected chi connectivity index (χ1v) is 12.1. The number of benzene rings is 1. The standard InChI is InChI=1S/C26H26N4O9/c1-30(2)19-14-6-11-5-13-10(7-28-25(37)12-8-29-39-9-12)3-4-15(31)17(13)20(32)16(11)22(34)26(14,38)23(35)18(21(19)33)24(27)36/h3-4,8-9,11,14,19,31,33-34,38H,5-7H2,1-2H3,(H2,27,36)(H,28,37)/t11-,14-,19+,26+/m0/s1. The van der Waals surface area contributed by atoms with E-state index in [4.69, 9.17) is 5.73 Å². The molecular formula is C26H26N4O9. The number of phenols is 1. The first-order chi connectivity index (χ1) is 18.4. The summed E-state index contributed by atoms with van der Waals surface area (Å²) < 4.78 is 4.68. The van der Waals surface area contributed by atoms with Crippen LogP contribution in [0.4, 0.5) is 0 Å². The molecular weight excluding hydrogens is 512 g/mol. The molecule has 0 aliphatic heterocycles. The van der Waals surface area contributed by atoms with E-state index in [0.717, 1.165) is 0 Å². The molecule has 0 saturated carbocycles. The summed E-state index contributed by atoms with van der Waals surface area (Å²) in [5, 5.41) is 50.6. The molecule has 1 aromatic heterocycles. The number of aliphatic hydroxyl groups excluding tert-OH is 2. The molecule has 39 heavy (non-hydrogen) atoms. The van der Waals surface area contributed by atoms with Crippen molar-refractivity contribution in [3.8, 4) is 5.75 Å². The normalized spacial score (nSPS) is 26.3. The van der Waals surface area contributed by atoms with Crippen molar-refractivity contribution in [2.75, 3.05) is 14.1 Å². The minimum atomic E-state index is -2.70. The highest BCUT2D eigenvalue weighted by Crippen LogP contribution is 2.52. The topological polar surface area (TPSA) is 217 Å². The lowest BCUT2D eigenvalue weighted by atomic mass is 9.58. The number of carbonyl (C=O) groups excluding carboxylic acids is 4. The van der Waals surface area contributed by atoms with Crippen molar-refractivity contribution < 1.29 is 44.1 Å². The number of nitrogens with one attached hydrogen (secondary N) is 1. The van der Waals surface area contributed by atoms with Gasteiger partial charge in [0.2, 0.25) is 5.78 Å². The number of rotatable bonds is 5. The Morgan fingerprint density at radius 2 is 1.95 bits per heavy atom. The highest BCUT2D eigenvalue weighted by molar-refractivity contribution is 6.24. The number of aromatic nitrogens is 1. The zero-order valence-corrected chi connectivity index (χ0v) is 21.0. The number of nitrogens with two attached hydrogens (primary N) is 1. The maximum Gasteiger partial charge on any atom is 0.256 e. The van der Waals surface area contributed by atoms with Gasteiger partial charge in [-0.25, -0.2) is 0 Å². The van der Waals surface area contributed by atoms with Crippen molar-refractivity contribution in [2.24, 2.45) is 17.6 Å². The predicted molar refractivity (Wildman–Crippen MR) is 131 cm³/mol. The Balaban J connectivity index is 1.59. The van der Waals surface area contributed by atoms with Crippen molar-refractivity contribution in [1.82, 2.24) is 15.4 Å². The number of aliphatic hydroxyl groups is 3. The number of Topliss-reactive ketones (excluding diaryl/α,β-unsaturated/α-hetero) is 2. The van der Waals surface area contributed by atoms with Gasteiger partial charge in [-0.3, -0.25) is 24.1 Å². The molecule has 1 aromatic carbocycles. The summed E-state index contributed by atoms with van der Waals surface area (Å²) in [6, 6.07) is 1.75. The van der Waals surface area contributed by atoms with Gasteiger partial charge in [-0.2, -0.15) is 0 Å². The maximum absolute atomic E-state index is 13.7. The first-order valence-electron chi connectivity index (χ1n) is 12.1. The zero-order valence-electron chi connectivity index (χ0n) is 21.0. The molecule has 0 fully saturated rings. The van der Waals surface area contributed by atoms with Crippen LogP contribution in [0.3, 0.4) is 0 Å². The van der Waals surface area contributed by atoms with Crippen molar-refractivity contribution in [3.05, 3.63) is 69.5 Å². The van der Waals surface area contributed by atoms with Crippen molar-refractivity contribution in [2.45, 2.75) is 31.0 Å². The number of phenolic OH excluding ortho intramolecular Hbond substituents is 1. The van der Waals surface area contributed by atoms with Crippen molar-refractivity contribution in [1.29, 1.82) is 0 Å². The van der Waals surface area contributed by atoms with E-state index in [0.29, 0.717) is 11.1 Å². The molecule has 5 rings (SSSR count). The van der Waals surface area contributed by atoms with Crippen LogP contribution in [-0.4, -0.2) is 79.6 Å². The van der Waals surface area contributed by atoms with Gasteiger partial charge >= 0.3 is 0 Å². The lowest BCUT2D eigenvalue weighted by molar-refractivity contribution is -0.148. The third kappa shape index (κ3) is 3.72. The van der Waals surface area contributed by atoms with Crippen LogP contribution in [0.1, 0.15) is 38.3 Å². The molecule has 3 aliphatic rings. The summed E-state index contributed by atoms with van der Waals surface area (Å²) in [5.41, 5.74) is 2.53. The molecule has 1 heterocycles. The fourth-order valence-corrected chi connectivity index (χ4v) is 6.08. The minimum absolute atomic E-state index is 0.00463. The average molecular weight is 539 g/mol. The van der Waals surface area contributed by atoms with E-state index in [1.165, 1.54) is 23.4 Å². The number of aromatic hydroxyl groups is 1. The van der Waals surface area contributed by atoms with Crippen LogP contribution in [0.2, 0.25) is 0 Å². The molecule has 0 radical (unpaired) electrons. The molecule has 0 bridgehead atoms. The van der Waals surface area contributed by atoms with E-state index in [-0.39, 0.29) is 41.8 Å². The Morgan fingerprint density at radius 1 is 1.23 bits per heavy atom. The van der Waals surface area contributed by atoms with Gasteiger partial charge in [-0.15, -0.1) is 0 Å². The Labute approximate surface area is 221 Å². The fraction of sp³-hybridized carbons (Fsp3) is 0.346. The fourth-order valence-electron chi connectivity index (χ4n) is 6.08. The van der Waals surface area contributed by atoms with E-state index < -0.39 is 64.0 Å². The summed E-state index contributed by atoms with van der Waals surface area (Å²) >= 11 is 0. The molecule has 2 amide bonds. The molecule has 4 atom stereocenters. The number of amides is 2. The van der Waals surface area contributed by atoms with E-state index in [1.54, 1.807) is 20.2 Å². The number of hydrogen-bond acceptors (Lipinski definition) is 11. The summed E-state index contributed by atoms with van der Waals surface area (Å²) in [4.78, 5) is 52.9. The Bertz CT molecular complexity index is 1490. The molecule has 7 N–H and O–H groups in total. The van der Waals surface area contributed by atoms with Gasteiger partial charge in [0.15, 0.2) is 11.4 Å². The number of hydrogen-bond donors (Lipinski definition) is 6. The third-order valence-corrected chi connectivity index (χ3v) is 7.84. The van der Waals surface area contributed by atoms with Crippen molar-refractivity contribution in [3.63, 3.8) is 0 Å². The molecule has 13 nitrogen and oxygen atoms in total. The van der Waals surface area contributed by atoms with Crippen LogP contribution in [0.15, 0.2) is 51.8 Å². The van der Waals surface area contributed by atoms with Crippen LogP contribution in [-0.2, 0) is 22.6 Å². The largest absolute Gasteiger partial charge is 0.510 e. The number of ketones is 2. The van der Waals surface area contributed by atoms with Crippen LogP contribution in [0.25, 0.3) is 0 Å². The highest BCUT2D eigenvalue weighted by atomic mass is 16.5. The summed E-state index contributed by atoms with van der Waals surface area (Å²) in [6.45, 7) is -0.00463. The van der Waals surface area contributed by atoms with Gasteiger partial charge in [0.1, 0.15) is 29.1 Å². The van der Waals surface area contributed by atoms with E-state index in [2.05, 4.69) is 15.0 Å². The van der Waals surface area contributed by atoms with Gasteiger partial charge < -0.3 is 36.0 Å². The predicted octanol–water partition coefficient (Wildman–Crippen LogP) is 0.0386. The smallest absolute Gasteiger partial charge is 0.256 e. The Morgan fingerprint density at radius 3 is 2.56 bits per heavy atom. The Kier molecular flexibility index (Phi) is 6.07. The molecule has 2 aromatic rings. The molecule has 204 valence electrons. The maximum atomic E-state index is 13.7. The van der Waals surface area contributed by atoms with Crippen molar-refractivity contribution >= 4 is 23.4 Å². The van der Waals surface area contributed by atoms with E-state index >= 15 is 0 Å². The SMILES string of the molecule is CN(C)[C@H]1C(O)=C(C(N)=O)C(=O)[C@]2(O)C(O)=C3C(=O)c4c(O)ccc(CNC(=O)c5cnoc5)c4C[C@H]3C[C@@H]12. The molecule has 0 saturated heterocycles. The van der Waals surface area contributed by atoms with Crippen LogP contribution < -0.4 is 11.1 Å². The lowest BCUT2D eigenvalue weighted by Crippen LogP contribution is -2.63. The van der Waals surface area contributed by atoms with E-state index in [1.807, 2.05) is 0 Å². The number of nitrogens with zero attached hydrogens (tertiary/aromatic N) is 2. The third-order valence-electron chi connectivity index (χ3n) is 7.84. The molecule has 3 aliphatic carbocycles. The van der Waals surface area contributed by atoms with Gasteiger partial charge in [-0.1, -0.05) is 11.2 Å². The van der Waals surface area contributed by atoms with Gasteiger partial charge in [0.05, 0.1) is 23.4 Å².